The lowest BCUT2D eigenvalue weighted by atomic mass is 10.1. The van der Waals surface area contributed by atoms with Gasteiger partial charge in [0, 0.05) is 19.0 Å². The standard InChI is InChI=1S/C15H19ClFNO2/c16-7-10-20-14-5-8-18(9-6-14)15(19)11-12-1-3-13(17)4-2-12/h1-4,14H,5-11H2. The monoisotopic (exact) mass is 299 g/mol. The first-order valence-corrected chi connectivity index (χ1v) is 7.42. The van der Waals surface area contributed by atoms with E-state index in [0.29, 0.717) is 32.0 Å². The molecule has 0 N–H and O–H groups in total. The molecule has 1 heterocycles. The number of benzene rings is 1. The van der Waals surface area contributed by atoms with Crippen molar-refractivity contribution >= 4 is 17.5 Å². The Kier molecular flexibility index (Phi) is 5.80. The molecule has 1 aromatic rings. The molecule has 0 saturated carbocycles. The maximum atomic E-state index is 12.8. The third-order valence-electron chi connectivity index (χ3n) is 3.49. The molecule has 0 atom stereocenters. The van der Waals surface area contributed by atoms with Crippen molar-refractivity contribution in [3.63, 3.8) is 0 Å². The second-order valence-electron chi connectivity index (χ2n) is 4.94. The van der Waals surface area contributed by atoms with Gasteiger partial charge in [0.05, 0.1) is 19.1 Å². The predicted octanol–water partition coefficient (Wildman–Crippen LogP) is 2.61. The summed E-state index contributed by atoms with van der Waals surface area (Å²) in [6.07, 6.45) is 2.24. The number of halogens is 2. The van der Waals surface area contributed by atoms with Crippen LogP contribution < -0.4 is 0 Å². The molecule has 1 amide bonds. The molecule has 0 aromatic heterocycles. The second-order valence-corrected chi connectivity index (χ2v) is 5.32. The molecule has 0 bridgehead atoms. The average Bonchev–Trinajstić information content (AvgIpc) is 2.48. The number of piperidine rings is 1. The van der Waals surface area contributed by atoms with Crippen LogP contribution in [0, 0.1) is 5.82 Å². The van der Waals surface area contributed by atoms with E-state index in [-0.39, 0.29) is 17.8 Å². The van der Waals surface area contributed by atoms with E-state index >= 15 is 0 Å². The number of ether oxygens (including phenoxy) is 1. The third-order valence-corrected chi connectivity index (χ3v) is 3.65. The zero-order valence-corrected chi connectivity index (χ0v) is 12.1. The Hall–Kier alpha value is -1.13. The van der Waals surface area contributed by atoms with Gasteiger partial charge in [-0.2, -0.15) is 0 Å². The quantitative estimate of drug-likeness (QED) is 0.782. The Morgan fingerprint density at radius 3 is 2.55 bits per heavy atom. The highest BCUT2D eigenvalue weighted by Gasteiger charge is 2.23. The highest BCUT2D eigenvalue weighted by atomic mass is 35.5. The van der Waals surface area contributed by atoms with Gasteiger partial charge < -0.3 is 9.64 Å². The number of carbonyl (C=O) groups excluding carboxylic acids is 1. The molecule has 3 nitrogen and oxygen atoms in total. The van der Waals surface area contributed by atoms with Crippen LogP contribution in [0.2, 0.25) is 0 Å². The van der Waals surface area contributed by atoms with Crippen LogP contribution in [0.5, 0.6) is 0 Å². The van der Waals surface area contributed by atoms with Gasteiger partial charge in [0.1, 0.15) is 5.82 Å². The van der Waals surface area contributed by atoms with Gasteiger partial charge in [-0.1, -0.05) is 12.1 Å². The average molecular weight is 300 g/mol. The Bertz CT molecular complexity index is 430. The summed E-state index contributed by atoms with van der Waals surface area (Å²) in [5.41, 5.74) is 0.844. The number of hydrogen-bond donors (Lipinski definition) is 0. The van der Waals surface area contributed by atoms with E-state index in [9.17, 15) is 9.18 Å². The predicted molar refractivity (Wildman–Crippen MR) is 76.4 cm³/mol. The normalized spacial score (nSPS) is 16.4. The number of likely N-dealkylation sites (tertiary alicyclic amines) is 1. The van der Waals surface area contributed by atoms with Crippen LogP contribution in [0.3, 0.4) is 0 Å². The first-order valence-electron chi connectivity index (χ1n) is 6.89. The maximum Gasteiger partial charge on any atom is 0.226 e. The van der Waals surface area contributed by atoms with Crippen molar-refractivity contribution in [3.8, 4) is 0 Å². The fourth-order valence-electron chi connectivity index (χ4n) is 2.37. The van der Waals surface area contributed by atoms with Crippen LogP contribution in [0.25, 0.3) is 0 Å². The molecule has 0 aliphatic carbocycles. The summed E-state index contributed by atoms with van der Waals surface area (Å²) in [4.78, 5) is 14.0. The number of hydrogen-bond acceptors (Lipinski definition) is 2. The van der Waals surface area contributed by atoms with Crippen molar-refractivity contribution in [2.45, 2.75) is 25.4 Å². The van der Waals surface area contributed by atoms with Crippen LogP contribution in [0.15, 0.2) is 24.3 Å². The fraction of sp³-hybridized carbons (Fsp3) is 0.533. The van der Waals surface area contributed by atoms with Gasteiger partial charge in [0.15, 0.2) is 0 Å². The summed E-state index contributed by atoms with van der Waals surface area (Å²) in [7, 11) is 0. The Balaban J connectivity index is 1.78. The van der Waals surface area contributed by atoms with Gasteiger partial charge in [0.25, 0.3) is 0 Å². The minimum Gasteiger partial charge on any atom is -0.377 e. The van der Waals surface area contributed by atoms with E-state index in [2.05, 4.69) is 0 Å². The molecule has 110 valence electrons. The molecule has 20 heavy (non-hydrogen) atoms. The SMILES string of the molecule is O=C(Cc1ccc(F)cc1)N1CCC(OCCCl)CC1. The van der Waals surface area contributed by atoms with E-state index in [1.165, 1.54) is 12.1 Å². The number of rotatable bonds is 5. The minimum atomic E-state index is -0.279. The van der Waals surface area contributed by atoms with Gasteiger partial charge in [-0.3, -0.25) is 4.79 Å². The fourth-order valence-corrected chi connectivity index (χ4v) is 2.46. The van der Waals surface area contributed by atoms with Gasteiger partial charge in [-0.25, -0.2) is 4.39 Å². The number of alkyl halides is 1. The summed E-state index contributed by atoms with van der Waals surface area (Å²) in [6, 6.07) is 6.08. The van der Waals surface area contributed by atoms with Gasteiger partial charge in [-0.05, 0) is 30.5 Å². The van der Waals surface area contributed by atoms with Crippen molar-refractivity contribution in [3.05, 3.63) is 35.6 Å². The summed E-state index contributed by atoms with van der Waals surface area (Å²) in [6.45, 7) is 2.00. The molecule has 1 fully saturated rings. The Labute approximate surface area is 123 Å². The zero-order valence-electron chi connectivity index (χ0n) is 11.4. The maximum absolute atomic E-state index is 12.8. The van der Waals surface area contributed by atoms with Crippen molar-refractivity contribution in [1.29, 1.82) is 0 Å². The molecule has 1 aliphatic rings. The molecule has 1 saturated heterocycles. The summed E-state index contributed by atoms with van der Waals surface area (Å²) >= 11 is 5.59. The lowest BCUT2D eigenvalue weighted by Gasteiger charge is -2.32. The van der Waals surface area contributed by atoms with Crippen molar-refractivity contribution in [2.24, 2.45) is 0 Å². The molecule has 0 radical (unpaired) electrons. The molecular formula is C15H19ClFNO2. The molecule has 2 rings (SSSR count). The molecular weight excluding hydrogens is 281 g/mol. The van der Waals surface area contributed by atoms with Crippen LogP contribution in [-0.4, -0.2) is 42.5 Å². The van der Waals surface area contributed by atoms with Crippen LogP contribution >= 0.6 is 11.6 Å². The number of carbonyl (C=O) groups is 1. The molecule has 1 aliphatic heterocycles. The van der Waals surface area contributed by atoms with Gasteiger partial charge in [-0.15, -0.1) is 11.6 Å². The van der Waals surface area contributed by atoms with E-state index in [1.54, 1.807) is 12.1 Å². The molecule has 0 unspecified atom stereocenters. The van der Waals surface area contributed by atoms with Gasteiger partial charge >= 0.3 is 0 Å². The molecule has 0 spiro atoms. The lowest BCUT2D eigenvalue weighted by Crippen LogP contribution is -2.41. The lowest BCUT2D eigenvalue weighted by molar-refractivity contribution is -0.133. The highest BCUT2D eigenvalue weighted by molar-refractivity contribution is 6.17. The van der Waals surface area contributed by atoms with E-state index < -0.39 is 0 Å². The highest BCUT2D eigenvalue weighted by Crippen LogP contribution is 2.15. The third kappa shape index (κ3) is 4.46. The van der Waals surface area contributed by atoms with Crippen molar-refractivity contribution in [1.82, 2.24) is 4.90 Å². The summed E-state index contributed by atoms with van der Waals surface area (Å²) in [5, 5.41) is 0. The van der Waals surface area contributed by atoms with Crippen LogP contribution in [0.1, 0.15) is 18.4 Å². The van der Waals surface area contributed by atoms with E-state index in [4.69, 9.17) is 16.3 Å². The van der Waals surface area contributed by atoms with Crippen LogP contribution in [0.4, 0.5) is 4.39 Å². The van der Waals surface area contributed by atoms with Crippen LogP contribution in [-0.2, 0) is 16.0 Å². The Morgan fingerprint density at radius 2 is 1.95 bits per heavy atom. The summed E-state index contributed by atoms with van der Waals surface area (Å²) < 4.78 is 18.4. The first-order chi connectivity index (χ1) is 9.69. The van der Waals surface area contributed by atoms with Crippen molar-refractivity contribution < 1.29 is 13.9 Å². The second kappa shape index (κ2) is 7.60. The van der Waals surface area contributed by atoms with Gasteiger partial charge in [0.2, 0.25) is 5.91 Å². The zero-order chi connectivity index (χ0) is 14.4. The topological polar surface area (TPSA) is 29.5 Å². The minimum absolute atomic E-state index is 0.0902. The van der Waals surface area contributed by atoms with E-state index in [1.807, 2.05) is 4.90 Å². The number of nitrogens with zero attached hydrogens (tertiary/aromatic N) is 1. The van der Waals surface area contributed by atoms with E-state index in [0.717, 1.165) is 18.4 Å². The molecule has 1 aromatic carbocycles. The smallest absolute Gasteiger partial charge is 0.226 e. The van der Waals surface area contributed by atoms with Crippen molar-refractivity contribution in [2.75, 3.05) is 25.6 Å². The summed E-state index contributed by atoms with van der Waals surface area (Å²) in [5.74, 6) is 0.315. The number of amides is 1. The first kappa shape index (κ1) is 15.3. The largest absolute Gasteiger partial charge is 0.377 e. The Morgan fingerprint density at radius 1 is 1.30 bits per heavy atom. The molecule has 5 heteroatoms.